The Balaban J connectivity index is 1.78. The standard InChI is InChI=1S/C14H17ClN2O2/c15-12-5-2-1-4-9(12)10-8-11(10)14(19)17-7-3-6-13(16)18/h1-2,4-5,10-11H,3,6-8H2,(H2,16,18)(H,17,19)/t10-,11+/m0/s1. The Bertz CT molecular complexity index is 490. The number of hydrogen-bond acceptors (Lipinski definition) is 2. The largest absolute Gasteiger partial charge is 0.370 e. The first kappa shape index (κ1) is 13.9. The highest BCUT2D eigenvalue weighted by Crippen LogP contribution is 2.49. The fraction of sp³-hybridized carbons (Fsp3) is 0.429. The third-order valence-corrected chi connectivity index (χ3v) is 3.68. The van der Waals surface area contributed by atoms with E-state index in [1.54, 1.807) is 0 Å². The number of halogens is 1. The second-order valence-electron chi connectivity index (χ2n) is 4.83. The topological polar surface area (TPSA) is 72.2 Å². The summed E-state index contributed by atoms with van der Waals surface area (Å²) < 4.78 is 0. The lowest BCUT2D eigenvalue weighted by atomic mass is 10.1. The zero-order chi connectivity index (χ0) is 13.8. The van der Waals surface area contributed by atoms with E-state index in [0.717, 1.165) is 17.0 Å². The molecule has 0 saturated heterocycles. The predicted molar refractivity (Wildman–Crippen MR) is 73.7 cm³/mol. The number of carbonyl (C=O) groups is 2. The maximum absolute atomic E-state index is 11.9. The van der Waals surface area contributed by atoms with Crippen molar-refractivity contribution in [3.8, 4) is 0 Å². The van der Waals surface area contributed by atoms with Gasteiger partial charge in [0.05, 0.1) is 0 Å². The van der Waals surface area contributed by atoms with Crippen molar-refractivity contribution in [2.75, 3.05) is 6.54 Å². The van der Waals surface area contributed by atoms with Crippen LogP contribution in [0.15, 0.2) is 24.3 Å². The number of nitrogens with two attached hydrogens (primary N) is 1. The fourth-order valence-electron chi connectivity index (χ4n) is 2.21. The molecule has 3 N–H and O–H groups in total. The van der Waals surface area contributed by atoms with Crippen LogP contribution < -0.4 is 11.1 Å². The number of nitrogens with one attached hydrogen (secondary N) is 1. The van der Waals surface area contributed by atoms with E-state index in [0.29, 0.717) is 19.4 Å². The molecule has 1 aromatic carbocycles. The van der Waals surface area contributed by atoms with E-state index >= 15 is 0 Å². The van der Waals surface area contributed by atoms with Gasteiger partial charge in [-0.2, -0.15) is 0 Å². The maximum atomic E-state index is 11.9. The van der Waals surface area contributed by atoms with Crippen LogP contribution in [0.1, 0.15) is 30.7 Å². The molecule has 0 aliphatic heterocycles. The van der Waals surface area contributed by atoms with Crippen LogP contribution in [-0.2, 0) is 9.59 Å². The van der Waals surface area contributed by atoms with Crippen molar-refractivity contribution in [1.82, 2.24) is 5.32 Å². The van der Waals surface area contributed by atoms with Gasteiger partial charge in [-0.25, -0.2) is 0 Å². The van der Waals surface area contributed by atoms with Crippen molar-refractivity contribution in [2.24, 2.45) is 11.7 Å². The predicted octanol–water partition coefficient (Wildman–Crippen LogP) is 1.83. The monoisotopic (exact) mass is 280 g/mol. The maximum Gasteiger partial charge on any atom is 0.223 e. The van der Waals surface area contributed by atoms with Crippen LogP contribution >= 0.6 is 11.6 Å². The summed E-state index contributed by atoms with van der Waals surface area (Å²) in [6.45, 7) is 0.494. The van der Waals surface area contributed by atoms with E-state index in [2.05, 4.69) is 5.32 Å². The number of carbonyl (C=O) groups excluding carboxylic acids is 2. The summed E-state index contributed by atoms with van der Waals surface area (Å²) in [5.41, 5.74) is 6.07. The van der Waals surface area contributed by atoms with Gasteiger partial charge in [0, 0.05) is 23.9 Å². The lowest BCUT2D eigenvalue weighted by molar-refractivity contribution is -0.123. The Morgan fingerprint density at radius 1 is 1.37 bits per heavy atom. The van der Waals surface area contributed by atoms with E-state index in [1.807, 2.05) is 24.3 Å². The number of hydrogen-bond donors (Lipinski definition) is 2. The Morgan fingerprint density at radius 3 is 2.79 bits per heavy atom. The first-order valence-corrected chi connectivity index (χ1v) is 6.78. The van der Waals surface area contributed by atoms with Crippen LogP contribution in [0.3, 0.4) is 0 Å². The molecule has 19 heavy (non-hydrogen) atoms. The molecule has 2 amide bonds. The summed E-state index contributed by atoms with van der Waals surface area (Å²) in [5.74, 6) is -0.0673. The van der Waals surface area contributed by atoms with Gasteiger partial charge in [0.1, 0.15) is 0 Å². The van der Waals surface area contributed by atoms with Gasteiger partial charge in [-0.05, 0) is 30.4 Å². The highest BCUT2D eigenvalue weighted by atomic mass is 35.5. The van der Waals surface area contributed by atoms with Crippen LogP contribution in [0, 0.1) is 5.92 Å². The molecule has 0 unspecified atom stereocenters. The third kappa shape index (κ3) is 3.70. The zero-order valence-electron chi connectivity index (χ0n) is 10.6. The van der Waals surface area contributed by atoms with Gasteiger partial charge in [-0.1, -0.05) is 29.8 Å². The molecule has 1 aliphatic rings. The lowest BCUT2D eigenvalue weighted by Gasteiger charge is -2.05. The minimum atomic E-state index is -0.338. The molecule has 4 nitrogen and oxygen atoms in total. The van der Waals surface area contributed by atoms with Crippen LogP contribution in [0.4, 0.5) is 0 Å². The summed E-state index contributed by atoms with van der Waals surface area (Å²) in [6, 6.07) is 7.62. The van der Waals surface area contributed by atoms with Gasteiger partial charge >= 0.3 is 0 Å². The zero-order valence-corrected chi connectivity index (χ0v) is 11.3. The highest BCUT2D eigenvalue weighted by molar-refractivity contribution is 6.31. The van der Waals surface area contributed by atoms with E-state index in [9.17, 15) is 9.59 Å². The number of rotatable bonds is 6. The van der Waals surface area contributed by atoms with Gasteiger partial charge in [0.2, 0.25) is 11.8 Å². The second-order valence-corrected chi connectivity index (χ2v) is 5.24. The van der Waals surface area contributed by atoms with Crippen molar-refractivity contribution in [2.45, 2.75) is 25.2 Å². The van der Waals surface area contributed by atoms with Crippen molar-refractivity contribution >= 4 is 23.4 Å². The summed E-state index contributed by atoms with van der Waals surface area (Å²) in [4.78, 5) is 22.4. The fourth-order valence-corrected chi connectivity index (χ4v) is 2.49. The van der Waals surface area contributed by atoms with Crippen LogP contribution in [-0.4, -0.2) is 18.4 Å². The molecule has 1 fully saturated rings. The van der Waals surface area contributed by atoms with Gasteiger partial charge in [0.25, 0.3) is 0 Å². The van der Waals surface area contributed by atoms with E-state index in [4.69, 9.17) is 17.3 Å². The smallest absolute Gasteiger partial charge is 0.223 e. The SMILES string of the molecule is NC(=O)CCCNC(=O)[C@@H]1C[C@H]1c1ccccc1Cl. The number of primary amides is 1. The number of amides is 2. The van der Waals surface area contributed by atoms with E-state index in [-0.39, 0.29) is 23.7 Å². The Kier molecular flexibility index (Phi) is 4.43. The van der Waals surface area contributed by atoms with Crippen molar-refractivity contribution < 1.29 is 9.59 Å². The quantitative estimate of drug-likeness (QED) is 0.780. The summed E-state index contributed by atoms with van der Waals surface area (Å²) in [6.07, 6.45) is 1.73. The van der Waals surface area contributed by atoms with Crippen molar-refractivity contribution in [3.63, 3.8) is 0 Å². The molecule has 1 aliphatic carbocycles. The molecule has 0 radical (unpaired) electrons. The molecule has 1 saturated carbocycles. The molecule has 2 rings (SSSR count). The molecule has 102 valence electrons. The molecule has 5 heteroatoms. The van der Waals surface area contributed by atoms with Crippen molar-refractivity contribution in [1.29, 1.82) is 0 Å². The average Bonchev–Trinajstić information content (AvgIpc) is 3.15. The minimum absolute atomic E-state index is 0.00785. The van der Waals surface area contributed by atoms with Gasteiger partial charge < -0.3 is 11.1 Å². The minimum Gasteiger partial charge on any atom is -0.370 e. The summed E-state index contributed by atoms with van der Waals surface area (Å²) >= 11 is 6.11. The third-order valence-electron chi connectivity index (χ3n) is 3.33. The molecule has 2 atom stereocenters. The Labute approximate surface area is 117 Å². The first-order chi connectivity index (χ1) is 9.09. The van der Waals surface area contributed by atoms with E-state index < -0.39 is 0 Å². The molecule has 0 heterocycles. The summed E-state index contributed by atoms with van der Waals surface area (Å²) in [7, 11) is 0. The number of benzene rings is 1. The van der Waals surface area contributed by atoms with Gasteiger partial charge in [0.15, 0.2) is 0 Å². The van der Waals surface area contributed by atoms with Crippen LogP contribution in [0.5, 0.6) is 0 Å². The Hall–Kier alpha value is -1.55. The molecule has 0 spiro atoms. The van der Waals surface area contributed by atoms with Crippen molar-refractivity contribution in [3.05, 3.63) is 34.9 Å². The molecular formula is C14H17ClN2O2. The lowest BCUT2D eigenvalue weighted by Crippen LogP contribution is -2.27. The molecule has 0 aromatic heterocycles. The van der Waals surface area contributed by atoms with Crippen LogP contribution in [0.2, 0.25) is 5.02 Å². The normalized spacial score (nSPS) is 20.9. The van der Waals surface area contributed by atoms with Crippen LogP contribution in [0.25, 0.3) is 0 Å². The van der Waals surface area contributed by atoms with Gasteiger partial charge in [-0.3, -0.25) is 9.59 Å². The highest BCUT2D eigenvalue weighted by Gasteiger charge is 2.44. The summed E-state index contributed by atoms with van der Waals surface area (Å²) in [5, 5.41) is 3.55. The second kappa shape index (κ2) is 6.06. The molecule has 0 bridgehead atoms. The Morgan fingerprint density at radius 2 is 2.11 bits per heavy atom. The molecule has 1 aromatic rings. The first-order valence-electron chi connectivity index (χ1n) is 6.40. The van der Waals surface area contributed by atoms with E-state index in [1.165, 1.54) is 0 Å². The van der Waals surface area contributed by atoms with Gasteiger partial charge in [-0.15, -0.1) is 0 Å². The molecular weight excluding hydrogens is 264 g/mol. The average molecular weight is 281 g/mol.